The molecule has 0 radical (unpaired) electrons. The van der Waals surface area contributed by atoms with Crippen LogP contribution >= 0.6 is 11.6 Å². The van der Waals surface area contributed by atoms with Gasteiger partial charge in [-0.1, -0.05) is 23.7 Å². The van der Waals surface area contributed by atoms with Crippen molar-refractivity contribution in [1.29, 1.82) is 0 Å². The molecule has 0 saturated carbocycles. The van der Waals surface area contributed by atoms with Gasteiger partial charge < -0.3 is 14.6 Å². The number of aromatic nitrogens is 1. The molecular weight excluding hydrogens is 350 g/mol. The van der Waals surface area contributed by atoms with E-state index in [1.54, 1.807) is 24.3 Å². The fraction of sp³-hybridized carbons (Fsp3) is 0.250. The van der Waals surface area contributed by atoms with Crippen LogP contribution in [-0.4, -0.2) is 27.5 Å². The number of nitro groups is 1. The largest absolute Gasteiger partial charge is 0.448 e. The molecular formula is C16H16ClN3O5. The highest BCUT2D eigenvalue weighted by Crippen LogP contribution is 2.16. The lowest BCUT2D eigenvalue weighted by Gasteiger charge is -2.13. The highest BCUT2D eigenvalue weighted by molar-refractivity contribution is 6.30. The Bertz CT molecular complexity index is 801. The molecule has 1 amide bonds. The molecule has 132 valence electrons. The number of benzene rings is 1. The van der Waals surface area contributed by atoms with Crippen molar-refractivity contribution in [1.82, 2.24) is 9.88 Å². The number of ether oxygens (including phenoxy) is 1. The van der Waals surface area contributed by atoms with Gasteiger partial charge in [-0.05, 0) is 24.6 Å². The summed E-state index contributed by atoms with van der Waals surface area (Å²) in [7, 11) is 1.48. The Labute approximate surface area is 148 Å². The highest BCUT2D eigenvalue weighted by atomic mass is 35.5. The summed E-state index contributed by atoms with van der Waals surface area (Å²) >= 11 is 5.79. The number of esters is 1. The molecule has 25 heavy (non-hydrogen) atoms. The van der Waals surface area contributed by atoms with Crippen LogP contribution in [0.3, 0.4) is 0 Å². The van der Waals surface area contributed by atoms with Crippen LogP contribution in [0.2, 0.25) is 5.02 Å². The van der Waals surface area contributed by atoms with Gasteiger partial charge in [0.2, 0.25) is 0 Å². The smallest absolute Gasteiger partial charge is 0.355 e. The molecule has 1 unspecified atom stereocenters. The maximum Gasteiger partial charge on any atom is 0.355 e. The van der Waals surface area contributed by atoms with Gasteiger partial charge in [-0.25, -0.2) is 4.79 Å². The van der Waals surface area contributed by atoms with E-state index in [0.29, 0.717) is 5.02 Å². The van der Waals surface area contributed by atoms with Crippen LogP contribution < -0.4 is 5.32 Å². The van der Waals surface area contributed by atoms with Gasteiger partial charge in [-0.2, -0.15) is 0 Å². The zero-order chi connectivity index (χ0) is 18.6. The van der Waals surface area contributed by atoms with Crippen molar-refractivity contribution >= 4 is 29.2 Å². The summed E-state index contributed by atoms with van der Waals surface area (Å²) < 4.78 is 6.34. The SMILES string of the molecule is CC(OC(=O)c1cc([N+](=O)[O-])cn1C)C(=O)NCc1ccc(Cl)cc1. The van der Waals surface area contributed by atoms with Crippen LogP contribution in [-0.2, 0) is 23.1 Å². The van der Waals surface area contributed by atoms with Gasteiger partial charge >= 0.3 is 5.97 Å². The number of carbonyl (C=O) groups is 2. The van der Waals surface area contributed by atoms with Gasteiger partial charge in [0.05, 0.1) is 11.1 Å². The topological polar surface area (TPSA) is 103 Å². The quantitative estimate of drug-likeness (QED) is 0.481. The monoisotopic (exact) mass is 365 g/mol. The van der Waals surface area contributed by atoms with Crippen molar-refractivity contribution in [3.05, 3.63) is 62.9 Å². The Hall–Kier alpha value is -2.87. The number of aryl methyl sites for hydroxylation is 1. The minimum atomic E-state index is -1.05. The van der Waals surface area contributed by atoms with Gasteiger partial charge in [0.1, 0.15) is 5.69 Å². The van der Waals surface area contributed by atoms with Gasteiger partial charge in [-0.15, -0.1) is 0 Å². The van der Waals surface area contributed by atoms with Crippen molar-refractivity contribution in [3.8, 4) is 0 Å². The Morgan fingerprint density at radius 1 is 1.36 bits per heavy atom. The molecule has 1 heterocycles. The van der Waals surface area contributed by atoms with E-state index in [0.717, 1.165) is 11.6 Å². The third-order valence-corrected chi connectivity index (χ3v) is 3.70. The third kappa shape index (κ3) is 4.80. The van der Waals surface area contributed by atoms with Crippen LogP contribution in [0.5, 0.6) is 0 Å². The molecule has 0 aliphatic rings. The fourth-order valence-electron chi connectivity index (χ4n) is 2.06. The molecule has 2 aromatic rings. The second kappa shape index (κ2) is 7.80. The summed E-state index contributed by atoms with van der Waals surface area (Å²) in [5, 5.41) is 14.0. The first-order valence-corrected chi connectivity index (χ1v) is 7.69. The molecule has 0 aliphatic carbocycles. The molecule has 0 fully saturated rings. The Morgan fingerprint density at radius 2 is 2.00 bits per heavy atom. The van der Waals surface area contributed by atoms with Gasteiger partial charge in [-0.3, -0.25) is 14.9 Å². The van der Waals surface area contributed by atoms with Crippen LogP contribution in [0.4, 0.5) is 5.69 Å². The molecule has 0 bridgehead atoms. The lowest BCUT2D eigenvalue weighted by atomic mass is 10.2. The van der Waals surface area contributed by atoms with Crippen molar-refractivity contribution < 1.29 is 19.2 Å². The van der Waals surface area contributed by atoms with Gasteiger partial charge in [0.25, 0.3) is 11.6 Å². The maximum atomic E-state index is 12.1. The fourth-order valence-corrected chi connectivity index (χ4v) is 2.19. The average molecular weight is 366 g/mol. The maximum absolute atomic E-state index is 12.1. The number of rotatable bonds is 6. The average Bonchev–Trinajstić information content (AvgIpc) is 2.96. The molecule has 1 atom stereocenters. The predicted molar refractivity (Wildman–Crippen MR) is 90.2 cm³/mol. The minimum absolute atomic E-state index is 0.0101. The van der Waals surface area contributed by atoms with Gasteiger partial charge in [0, 0.05) is 24.7 Å². The molecule has 1 N–H and O–H groups in total. The van der Waals surface area contributed by atoms with Crippen LogP contribution in [0, 0.1) is 10.1 Å². The van der Waals surface area contributed by atoms with Crippen LogP contribution in [0.25, 0.3) is 0 Å². The molecule has 1 aromatic heterocycles. The molecule has 9 heteroatoms. The minimum Gasteiger partial charge on any atom is -0.448 e. The van der Waals surface area contributed by atoms with Crippen molar-refractivity contribution in [2.24, 2.45) is 7.05 Å². The summed E-state index contributed by atoms with van der Waals surface area (Å²) in [6.07, 6.45) is 0.149. The standard InChI is InChI=1S/C16H16ClN3O5/c1-10(15(21)18-8-11-3-5-12(17)6-4-11)25-16(22)14-7-13(20(23)24)9-19(14)2/h3-7,9-10H,8H2,1-2H3,(H,18,21). The number of halogens is 1. The zero-order valence-corrected chi connectivity index (χ0v) is 14.3. The van der Waals surface area contributed by atoms with Crippen molar-refractivity contribution in [2.75, 3.05) is 0 Å². The summed E-state index contributed by atoms with van der Waals surface area (Å²) in [6, 6.07) is 8.04. The first-order chi connectivity index (χ1) is 11.8. The van der Waals surface area contributed by atoms with Gasteiger partial charge in [0.15, 0.2) is 6.10 Å². The second-order valence-corrected chi connectivity index (χ2v) is 5.78. The molecule has 0 spiro atoms. The third-order valence-electron chi connectivity index (χ3n) is 3.44. The number of hydrogen-bond donors (Lipinski definition) is 1. The summed E-state index contributed by atoms with van der Waals surface area (Å²) in [5.74, 6) is -1.29. The van der Waals surface area contributed by atoms with E-state index < -0.39 is 22.9 Å². The predicted octanol–water partition coefficient (Wildman–Crippen LogP) is 2.45. The molecule has 2 rings (SSSR count). The molecule has 0 aliphatic heterocycles. The Kier molecular flexibility index (Phi) is 5.76. The first kappa shape index (κ1) is 18.5. The lowest BCUT2D eigenvalue weighted by molar-refractivity contribution is -0.384. The van der Waals surface area contributed by atoms with E-state index in [2.05, 4.69) is 5.32 Å². The van der Waals surface area contributed by atoms with Crippen LogP contribution in [0.1, 0.15) is 23.0 Å². The number of hydrogen-bond acceptors (Lipinski definition) is 5. The summed E-state index contributed by atoms with van der Waals surface area (Å²) in [5.41, 5.74) is 0.604. The molecule has 0 saturated heterocycles. The zero-order valence-electron chi connectivity index (χ0n) is 13.6. The number of nitrogens with one attached hydrogen (secondary N) is 1. The van der Waals surface area contributed by atoms with E-state index >= 15 is 0 Å². The van der Waals surface area contributed by atoms with E-state index in [1.807, 2.05) is 0 Å². The molecule has 1 aromatic carbocycles. The molecule has 8 nitrogen and oxygen atoms in total. The lowest BCUT2D eigenvalue weighted by Crippen LogP contribution is -2.35. The van der Waals surface area contributed by atoms with E-state index in [4.69, 9.17) is 16.3 Å². The summed E-state index contributed by atoms with van der Waals surface area (Å²) in [6.45, 7) is 1.68. The van der Waals surface area contributed by atoms with E-state index in [-0.39, 0.29) is 17.9 Å². The number of carbonyl (C=O) groups excluding carboxylic acids is 2. The van der Waals surface area contributed by atoms with E-state index in [9.17, 15) is 19.7 Å². The first-order valence-electron chi connectivity index (χ1n) is 7.32. The van der Waals surface area contributed by atoms with E-state index in [1.165, 1.54) is 24.7 Å². The van der Waals surface area contributed by atoms with Crippen molar-refractivity contribution in [3.63, 3.8) is 0 Å². The second-order valence-electron chi connectivity index (χ2n) is 5.34. The normalized spacial score (nSPS) is 11.6. The Balaban J connectivity index is 1.92. The number of amides is 1. The summed E-state index contributed by atoms with van der Waals surface area (Å²) in [4.78, 5) is 34.2. The number of nitrogens with zero attached hydrogens (tertiary/aromatic N) is 2. The highest BCUT2D eigenvalue weighted by Gasteiger charge is 2.23. The Morgan fingerprint density at radius 3 is 2.56 bits per heavy atom. The van der Waals surface area contributed by atoms with Crippen molar-refractivity contribution in [2.45, 2.75) is 19.6 Å². The van der Waals surface area contributed by atoms with Crippen LogP contribution in [0.15, 0.2) is 36.5 Å².